The summed E-state index contributed by atoms with van der Waals surface area (Å²) in [4.78, 5) is 10.8. The Bertz CT molecular complexity index is 417. The molecule has 1 saturated heterocycles. The standard InChI is InChI=1S/C15H21BO/c1-11-8-13(3)15(9-12(11)2)16-6-4-14(10-17)5-7-16/h8-10,14H,4-7H2,1-3H3. The monoisotopic (exact) mass is 228 g/mol. The van der Waals surface area contributed by atoms with Crippen molar-refractivity contribution in [2.45, 2.75) is 46.3 Å². The molecule has 1 heterocycles. The summed E-state index contributed by atoms with van der Waals surface area (Å²) in [7, 11) is 0. The minimum atomic E-state index is 0.318. The molecule has 1 aliphatic heterocycles. The molecule has 0 bridgehead atoms. The number of carbonyl (C=O) groups is 1. The van der Waals surface area contributed by atoms with E-state index < -0.39 is 0 Å². The highest BCUT2D eigenvalue weighted by Crippen LogP contribution is 2.24. The van der Waals surface area contributed by atoms with Gasteiger partial charge in [-0.2, -0.15) is 0 Å². The summed E-state index contributed by atoms with van der Waals surface area (Å²) in [5, 5.41) is 0. The van der Waals surface area contributed by atoms with Crippen molar-refractivity contribution in [3.05, 3.63) is 28.8 Å². The van der Waals surface area contributed by atoms with Gasteiger partial charge in [0.1, 0.15) is 6.29 Å². The number of aryl methyl sites for hydroxylation is 3. The third kappa shape index (κ3) is 2.62. The van der Waals surface area contributed by atoms with Crippen LogP contribution in [0.3, 0.4) is 0 Å². The maximum Gasteiger partial charge on any atom is 0.176 e. The zero-order chi connectivity index (χ0) is 12.4. The van der Waals surface area contributed by atoms with E-state index in [0.717, 1.165) is 19.1 Å². The van der Waals surface area contributed by atoms with Gasteiger partial charge in [0.15, 0.2) is 6.71 Å². The van der Waals surface area contributed by atoms with Crippen LogP contribution in [0.1, 0.15) is 29.5 Å². The predicted molar refractivity (Wildman–Crippen MR) is 74.4 cm³/mol. The minimum absolute atomic E-state index is 0.318. The molecule has 2 heteroatoms. The molecule has 2 rings (SSSR count). The number of hydrogen-bond acceptors (Lipinski definition) is 1. The molecular formula is C15H21BO. The van der Waals surface area contributed by atoms with E-state index >= 15 is 0 Å². The summed E-state index contributed by atoms with van der Waals surface area (Å²) in [6.07, 6.45) is 5.63. The topological polar surface area (TPSA) is 17.1 Å². The normalized spacial score (nSPS) is 17.2. The molecule has 0 aromatic heterocycles. The summed E-state index contributed by atoms with van der Waals surface area (Å²) in [6.45, 7) is 7.25. The maximum atomic E-state index is 10.8. The molecule has 1 aliphatic rings. The van der Waals surface area contributed by atoms with Crippen LogP contribution < -0.4 is 5.46 Å². The van der Waals surface area contributed by atoms with Crippen LogP contribution in [-0.2, 0) is 4.79 Å². The lowest BCUT2D eigenvalue weighted by Gasteiger charge is -2.25. The van der Waals surface area contributed by atoms with E-state index in [1.165, 1.54) is 34.8 Å². The molecule has 0 unspecified atom stereocenters. The van der Waals surface area contributed by atoms with Gasteiger partial charge in [0, 0.05) is 5.92 Å². The van der Waals surface area contributed by atoms with Crippen molar-refractivity contribution in [2.75, 3.05) is 0 Å². The zero-order valence-electron chi connectivity index (χ0n) is 11.1. The SMILES string of the molecule is Cc1cc(C)c(B2CCC(C=O)CC2)cc1C. The second-order valence-corrected chi connectivity index (χ2v) is 5.54. The average Bonchev–Trinajstić information content (AvgIpc) is 2.34. The average molecular weight is 228 g/mol. The van der Waals surface area contributed by atoms with Crippen LogP contribution >= 0.6 is 0 Å². The summed E-state index contributed by atoms with van der Waals surface area (Å²) in [5.74, 6) is 0.318. The second kappa shape index (κ2) is 5.08. The summed E-state index contributed by atoms with van der Waals surface area (Å²) in [5.41, 5.74) is 5.70. The third-order valence-corrected chi connectivity index (χ3v) is 4.29. The molecule has 0 atom stereocenters. The first-order chi connectivity index (χ1) is 8.11. The molecule has 0 spiro atoms. The Kier molecular flexibility index (Phi) is 3.71. The van der Waals surface area contributed by atoms with Gasteiger partial charge in [0.25, 0.3) is 0 Å². The molecule has 1 aromatic carbocycles. The highest BCUT2D eigenvalue weighted by atomic mass is 16.1. The fourth-order valence-corrected chi connectivity index (χ4v) is 2.99. The fraction of sp³-hybridized carbons (Fsp3) is 0.533. The fourth-order valence-electron chi connectivity index (χ4n) is 2.99. The lowest BCUT2D eigenvalue weighted by molar-refractivity contribution is -0.111. The van der Waals surface area contributed by atoms with Gasteiger partial charge in [-0.25, -0.2) is 0 Å². The van der Waals surface area contributed by atoms with Gasteiger partial charge in [0.05, 0.1) is 0 Å². The van der Waals surface area contributed by atoms with E-state index in [4.69, 9.17) is 0 Å². The smallest absolute Gasteiger partial charge is 0.176 e. The predicted octanol–water partition coefficient (Wildman–Crippen LogP) is 2.92. The second-order valence-electron chi connectivity index (χ2n) is 5.54. The van der Waals surface area contributed by atoms with Crippen molar-refractivity contribution in [3.63, 3.8) is 0 Å². The molecule has 1 nitrogen and oxygen atoms in total. The number of benzene rings is 1. The van der Waals surface area contributed by atoms with E-state index in [9.17, 15) is 4.79 Å². The van der Waals surface area contributed by atoms with Crippen LogP contribution in [0.5, 0.6) is 0 Å². The summed E-state index contributed by atoms with van der Waals surface area (Å²) >= 11 is 0. The van der Waals surface area contributed by atoms with E-state index in [1.807, 2.05) is 0 Å². The van der Waals surface area contributed by atoms with Gasteiger partial charge in [-0.05, 0) is 44.7 Å². The first-order valence-corrected chi connectivity index (χ1v) is 6.65. The molecule has 90 valence electrons. The third-order valence-electron chi connectivity index (χ3n) is 4.29. The molecule has 1 fully saturated rings. The molecule has 17 heavy (non-hydrogen) atoms. The van der Waals surface area contributed by atoms with Gasteiger partial charge < -0.3 is 4.79 Å². The summed E-state index contributed by atoms with van der Waals surface area (Å²) in [6, 6.07) is 4.66. The van der Waals surface area contributed by atoms with Crippen LogP contribution in [0.4, 0.5) is 0 Å². The first kappa shape index (κ1) is 12.4. The van der Waals surface area contributed by atoms with Crippen LogP contribution in [0.25, 0.3) is 0 Å². The Hall–Kier alpha value is -1.05. The van der Waals surface area contributed by atoms with Crippen molar-refractivity contribution in [3.8, 4) is 0 Å². The Balaban J connectivity index is 2.18. The quantitative estimate of drug-likeness (QED) is 0.561. The van der Waals surface area contributed by atoms with Crippen molar-refractivity contribution < 1.29 is 4.79 Å². The Morgan fingerprint density at radius 3 is 2.24 bits per heavy atom. The van der Waals surface area contributed by atoms with Crippen LogP contribution in [0.15, 0.2) is 12.1 Å². The molecule has 1 aromatic rings. The Morgan fingerprint density at radius 1 is 1.06 bits per heavy atom. The van der Waals surface area contributed by atoms with Crippen molar-refractivity contribution >= 4 is 18.5 Å². The van der Waals surface area contributed by atoms with E-state index in [0.29, 0.717) is 12.6 Å². The lowest BCUT2D eigenvalue weighted by atomic mass is 9.36. The lowest BCUT2D eigenvalue weighted by Crippen LogP contribution is -2.36. The molecule has 0 amide bonds. The number of rotatable bonds is 2. The Morgan fingerprint density at radius 2 is 1.65 bits per heavy atom. The number of aldehydes is 1. The van der Waals surface area contributed by atoms with E-state index in [1.54, 1.807) is 0 Å². The van der Waals surface area contributed by atoms with Gasteiger partial charge in [-0.15, -0.1) is 0 Å². The van der Waals surface area contributed by atoms with Gasteiger partial charge >= 0.3 is 0 Å². The zero-order valence-corrected chi connectivity index (χ0v) is 11.1. The van der Waals surface area contributed by atoms with Crippen LogP contribution in [-0.4, -0.2) is 13.0 Å². The van der Waals surface area contributed by atoms with Crippen molar-refractivity contribution in [1.82, 2.24) is 0 Å². The van der Waals surface area contributed by atoms with Gasteiger partial charge in [0.2, 0.25) is 0 Å². The minimum Gasteiger partial charge on any atom is -0.303 e. The molecular weight excluding hydrogens is 207 g/mol. The van der Waals surface area contributed by atoms with Crippen molar-refractivity contribution in [2.24, 2.45) is 5.92 Å². The number of hydrogen-bond donors (Lipinski definition) is 0. The van der Waals surface area contributed by atoms with Crippen molar-refractivity contribution in [1.29, 1.82) is 0 Å². The van der Waals surface area contributed by atoms with Crippen LogP contribution in [0, 0.1) is 26.7 Å². The van der Waals surface area contributed by atoms with E-state index in [-0.39, 0.29) is 0 Å². The molecule has 0 N–H and O–H groups in total. The van der Waals surface area contributed by atoms with Crippen LogP contribution in [0.2, 0.25) is 12.6 Å². The van der Waals surface area contributed by atoms with Gasteiger partial charge in [-0.1, -0.05) is 35.8 Å². The molecule has 0 aliphatic carbocycles. The first-order valence-electron chi connectivity index (χ1n) is 6.65. The molecule has 0 radical (unpaired) electrons. The Labute approximate surface area is 105 Å². The molecule has 0 saturated carbocycles. The van der Waals surface area contributed by atoms with Gasteiger partial charge in [-0.3, -0.25) is 0 Å². The largest absolute Gasteiger partial charge is 0.303 e. The highest BCUT2D eigenvalue weighted by Gasteiger charge is 2.26. The summed E-state index contributed by atoms with van der Waals surface area (Å²) < 4.78 is 0. The maximum absolute atomic E-state index is 10.8. The highest BCUT2D eigenvalue weighted by molar-refractivity contribution is 6.73. The van der Waals surface area contributed by atoms with E-state index in [2.05, 4.69) is 32.9 Å². The number of carbonyl (C=O) groups excluding carboxylic acids is 1.